The molecule has 0 atom stereocenters. The number of nitro benzene ring substituents is 1. The zero-order valence-corrected chi connectivity index (χ0v) is 12.0. The van der Waals surface area contributed by atoms with E-state index in [1.165, 1.54) is 4.90 Å². The summed E-state index contributed by atoms with van der Waals surface area (Å²) >= 11 is 1.76. The minimum Gasteiger partial charge on any atom is -0.399 e. The summed E-state index contributed by atoms with van der Waals surface area (Å²) in [5.41, 5.74) is 8.92. The number of nitro groups is 1. The lowest BCUT2D eigenvalue weighted by Gasteiger charge is -2.05. The molecule has 20 heavy (non-hydrogen) atoms. The van der Waals surface area contributed by atoms with E-state index in [9.17, 15) is 10.1 Å². The third-order valence-electron chi connectivity index (χ3n) is 3.05. The Balaban J connectivity index is 1.89. The summed E-state index contributed by atoms with van der Waals surface area (Å²) in [6, 6.07) is 12.7. The topological polar surface area (TPSA) is 69.2 Å². The maximum absolute atomic E-state index is 10.6. The van der Waals surface area contributed by atoms with Gasteiger partial charge in [-0.05, 0) is 42.7 Å². The molecule has 0 aliphatic heterocycles. The first-order valence-electron chi connectivity index (χ1n) is 6.28. The van der Waals surface area contributed by atoms with Crippen LogP contribution in [-0.2, 0) is 6.42 Å². The van der Waals surface area contributed by atoms with Crippen molar-refractivity contribution in [3.63, 3.8) is 0 Å². The average molecular weight is 288 g/mol. The molecule has 2 rings (SSSR count). The molecule has 0 bridgehead atoms. The van der Waals surface area contributed by atoms with E-state index in [1.54, 1.807) is 23.9 Å². The number of nitrogens with zero attached hydrogens (tertiary/aromatic N) is 1. The van der Waals surface area contributed by atoms with E-state index in [2.05, 4.69) is 6.07 Å². The van der Waals surface area contributed by atoms with E-state index in [-0.39, 0.29) is 10.6 Å². The van der Waals surface area contributed by atoms with Crippen LogP contribution in [0.1, 0.15) is 11.1 Å². The number of hydrogen-bond acceptors (Lipinski definition) is 4. The van der Waals surface area contributed by atoms with Gasteiger partial charge >= 0.3 is 0 Å². The van der Waals surface area contributed by atoms with Crippen LogP contribution in [0.2, 0.25) is 0 Å². The van der Waals surface area contributed by atoms with Crippen LogP contribution in [-0.4, -0.2) is 10.7 Å². The molecular formula is C15H16N2O2S. The van der Waals surface area contributed by atoms with Gasteiger partial charge in [-0.1, -0.05) is 12.1 Å². The SMILES string of the molecule is Cc1cc(SCCc2ccc([N+](=O)[O-])cc2)ccc1N. The van der Waals surface area contributed by atoms with Gasteiger partial charge in [0.2, 0.25) is 0 Å². The summed E-state index contributed by atoms with van der Waals surface area (Å²) in [4.78, 5) is 11.4. The molecular weight excluding hydrogens is 272 g/mol. The zero-order chi connectivity index (χ0) is 14.5. The number of hydrogen-bond donors (Lipinski definition) is 1. The van der Waals surface area contributed by atoms with Crippen molar-refractivity contribution in [1.29, 1.82) is 0 Å². The monoisotopic (exact) mass is 288 g/mol. The van der Waals surface area contributed by atoms with Gasteiger partial charge < -0.3 is 5.73 Å². The van der Waals surface area contributed by atoms with Gasteiger partial charge in [-0.15, -0.1) is 11.8 Å². The number of thioether (sulfide) groups is 1. The first-order chi connectivity index (χ1) is 9.56. The first-order valence-corrected chi connectivity index (χ1v) is 7.27. The number of nitrogens with two attached hydrogens (primary N) is 1. The second-order valence-electron chi connectivity index (χ2n) is 4.54. The number of aryl methyl sites for hydroxylation is 2. The van der Waals surface area contributed by atoms with Gasteiger partial charge in [0.15, 0.2) is 0 Å². The fourth-order valence-corrected chi connectivity index (χ4v) is 2.81. The van der Waals surface area contributed by atoms with E-state index >= 15 is 0 Å². The molecule has 0 aromatic heterocycles. The van der Waals surface area contributed by atoms with E-state index in [1.807, 2.05) is 31.2 Å². The summed E-state index contributed by atoms with van der Waals surface area (Å²) in [7, 11) is 0. The molecule has 0 spiro atoms. The minimum absolute atomic E-state index is 0.135. The number of anilines is 1. The maximum atomic E-state index is 10.6. The Morgan fingerprint density at radius 1 is 1.20 bits per heavy atom. The predicted octanol–water partition coefficient (Wildman–Crippen LogP) is 3.82. The van der Waals surface area contributed by atoms with Crippen molar-refractivity contribution < 1.29 is 4.92 Å². The molecule has 4 nitrogen and oxygen atoms in total. The first kappa shape index (κ1) is 14.4. The normalized spacial score (nSPS) is 10.4. The summed E-state index contributed by atoms with van der Waals surface area (Å²) in [5.74, 6) is 0.932. The molecule has 0 unspecified atom stereocenters. The predicted molar refractivity (Wildman–Crippen MR) is 83.1 cm³/mol. The quantitative estimate of drug-likeness (QED) is 0.393. The third-order valence-corrected chi connectivity index (χ3v) is 4.04. The fourth-order valence-electron chi connectivity index (χ4n) is 1.81. The molecule has 0 saturated heterocycles. The highest BCUT2D eigenvalue weighted by Crippen LogP contribution is 2.23. The Hall–Kier alpha value is -2.01. The smallest absolute Gasteiger partial charge is 0.269 e. The molecule has 0 amide bonds. The third kappa shape index (κ3) is 3.74. The van der Waals surface area contributed by atoms with Crippen molar-refractivity contribution in [2.75, 3.05) is 11.5 Å². The summed E-state index contributed by atoms with van der Waals surface area (Å²) < 4.78 is 0. The fraction of sp³-hybridized carbons (Fsp3) is 0.200. The Morgan fingerprint density at radius 2 is 1.90 bits per heavy atom. The molecule has 104 valence electrons. The lowest BCUT2D eigenvalue weighted by Crippen LogP contribution is -1.92. The van der Waals surface area contributed by atoms with Crippen molar-refractivity contribution in [2.45, 2.75) is 18.2 Å². The molecule has 5 heteroatoms. The van der Waals surface area contributed by atoms with Gasteiger partial charge in [-0.3, -0.25) is 10.1 Å². The molecule has 2 aromatic rings. The number of non-ortho nitro benzene ring substituents is 1. The van der Waals surface area contributed by atoms with Crippen LogP contribution in [0.25, 0.3) is 0 Å². The molecule has 2 N–H and O–H groups in total. The molecule has 0 aliphatic rings. The van der Waals surface area contributed by atoms with Crippen molar-refractivity contribution >= 4 is 23.1 Å². The van der Waals surface area contributed by atoms with E-state index in [4.69, 9.17) is 5.73 Å². The Kier molecular flexibility index (Phi) is 4.63. The molecule has 0 heterocycles. The zero-order valence-electron chi connectivity index (χ0n) is 11.2. The second kappa shape index (κ2) is 6.43. The number of nitrogen functional groups attached to an aromatic ring is 1. The highest BCUT2D eigenvalue weighted by atomic mass is 32.2. The highest BCUT2D eigenvalue weighted by Gasteiger charge is 2.04. The lowest BCUT2D eigenvalue weighted by atomic mass is 10.1. The van der Waals surface area contributed by atoms with Crippen LogP contribution in [0.3, 0.4) is 0 Å². The van der Waals surface area contributed by atoms with Gasteiger partial charge in [0, 0.05) is 28.5 Å². The Labute approximate surface area is 122 Å². The minimum atomic E-state index is -0.379. The highest BCUT2D eigenvalue weighted by molar-refractivity contribution is 7.99. The number of benzene rings is 2. The second-order valence-corrected chi connectivity index (χ2v) is 5.71. The lowest BCUT2D eigenvalue weighted by molar-refractivity contribution is -0.384. The summed E-state index contributed by atoms with van der Waals surface area (Å²) in [6.45, 7) is 2.00. The Bertz CT molecular complexity index is 612. The standard InChI is InChI=1S/C15H16N2O2S/c1-11-10-14(6-7-15(11)16)20-9-8-12-2-4-13(5-3-12)17(18)19/h2-7,10H,8-9,16H2,1H3. The van der Waals surface area contributed by atoms with Crippen molar-refractivity contribution in [3.05, 3.63) is 63.7 Å². The van der Waals surface area contributed by atoms with Gasteiger partial charge in [-0.2, -0.15) is 0 Å². The van der Waals surface area contributed by atoms with Crippen molar-refractivity contribution in [3.8, 4) is 0 Å². The Morgan fingerprint density at radius 3 is 2.50 bits per heavy atom. The van der Waals surface area contributed by atoms with Crippen molar-refractivity contribution in [1.82, 2.24) is 0 Å². The van der Waals surface area contributed by atoms with Crippen LogP contribution in [0.15, 0.2) is 47.4 Å². The van der Waals surface area contributed by atoms with Crippen LogP contribution < -0.4 is 5.73 Å². The largest absolute Gasteiger partial charge is 0.399 e. The van der Waals surface area contributed by atoms with Crippen LogP contribution >= 0.6 is 11.8 Å². The molecule has 0 saturated carbocycles. The number of rotatable bonds is 5. The summed E-state index contributed by atoms with van der Waals surface area (Å²) in [6.07, 6.45) is 0.881. The maximum Gasteiger partial charge on any atom is 0.269 e. The molecule has 0 aliphatic carbocycles. The molecule has 0 fully saturated rings. The van der Waals surface area contributed by atoms with E-state index in [0.29, 0.717) is 0 Å². The average Bonchev–Trinajstić information content (AvgIpc) is 2.43. The van der Waals surface area contributed by atoms with E-state index in [0.717, 1.165) is 29.0 Å². The van der Waals surface area contributed by atoms with E-state index < -0.39 is 0 Å². The summed E-state index contributed by atoms with van der Waals surface area (Å²) in [5, 5.41) is 10.6. The molecule has 0 radical (unpaired) electrons. The van der Waals surface area contributed by atoms with Crippen LogP contribution in [0, 0.1) is 17.0 Å². The van der Waals surface area contributed by atoms with Gasteiger partial charge in [0.25, 0.3) is 5.69 Å². The van der Waals surface area contributed by atoms with Gasteiger partial charge in [-0.25, -0.2) is 0 Å². The van der Waals surface area contributed by atoms with Crippen molar-refractivity contribution in [2.24, 2.45) is 0 Å². The van der Waals surface area contributed by atoms with Crippen LogP contribution in [0.5, 0.6) is 0 Å². The van der Waals surface area contributed by atoms with Gasteiger partial charge in [0.05, 0.1) is 4.92 Å². The van der Waals surface area contributed by atoms with Crippen LogP contribution in [0.4, 0.5) is 11.4 Å². The molecule has 2 aromatic carbocycles. The van der Waals surface area contributed by atoms with Gasteiger partial charge in [0.1, 0.15) is 0 Å².